The van der Waals surface area contributed by atoms with E-state index in [4.69, 9.17) is 4.74 Å². The van der Waals surface area contributed by atoms with Gasteiger partial charge in [-0.25, -0.2) is 4.39 Å². The van der Waals surface area contributed by atoms with Crippen molar-refractivity contribution in [1.29, 1.82) is 0 Å². The molecule has 0 aromatic heterocycles. The third-order valence-electron chi connectivity index (χ3n) is 5.23. The van der Waals surface area contributed by atoms with Crippen LogP contribution in [0.5, 0.6) is 0 Å². The number of hydrogen-bond donors (Lipinski definition) is 1. The van der Waals surface area contributed by atoms with Gasteiger partial charge in [-0.2, -0.15) is 0 Å². The van der Waals surface area contributed by atoms with Crippen molar-refractivity contribution in [3.05, 3.63) is 35.6 Å². The lowest BCUT2D eigenvalue weighted by Crippen LogP contribution is -2.46. The van der Waals surface area contributed by atoms with E-state index in [-0.39, 0.29) is 23.5 Å². The zero-order valence-corrected chi connectivity index (χ0v) is 15.7. The van der Waals surface area contributed by atoms with Gasteiger partial charge in [0.2, 0.25) is 11.8 Å². The number of rotatable bonds is 7. The molecule has 0 unspecified atom stereocenters. The van der Waals surface area contributed by atoms with Gasteiger partial charge in [-0.1, -0.05) is 12.1 Å². The highest BCUT2D eigenvalue weighted by atomic mass is 19.1. The molecule has 2 fully saturated rings. The Morgan fingerprint density at radius 3 is 2.85 bits per heavy atom. The van der Waals surface area contributed by atoms with Crippen molar-refractivity contribution in [2.75, 3.05) is 45.9 Å². The molecule has 1 aromatic rings. The Morgan fingerprint density at radius 2 is 2.07 bits per heavy atom. The molecule has 2 saturated heterocycles. The molecule has 3 rings (SSSR count). The largest absolute Gasteiger partial charge is 0.379 e. The van der Waals surface area contributed by atoms with Crippen LogP contribution in [0, 0.1) is 11.7 Å². The number of hydrogen-bond acceptors (Lipinski definition) is 4. The Bertz CT molecular complexity index is 649. The molecule has 1 atom stereocenters. The van der Waals surface area contributed by atoms with Crippen molar-refractivity contribution >= 4 is 11.8 Å². The molecule has 6 nitrogen and oxygen atoms in total. The Hall–Kier alpha value is -1.99. The average molecular weight is 377 g/mol. The van der Waals surface area contributed by atoms with E-state index < -0.39 is 0 Å². The summed E-state index contributed by atoms with van der Waals surface area (Å²) in [4.78, 5) is 28.8. The van der Waals surface area contributed by atoms with Crippen LogP contribution < -0.4 is 5.32 Å². The van der Waals surface area contributed by atoms with Crippen LogP contribution >= 0.6 is 0 Å². The Morgan fingerprint density at radius 1 is 1.26 bits per heavy atom. The van der Waals surface area contributed by atoms with Crippen molar-refractivity contribution < 1.29 is 18.7 Å². The highest BCUT2D eigenvalue weighted by Gasteiger charge is 2.29. The highest BCUT2D eigenvalue weighted by Crippen LogP contribution is 2.18. The van der Waals surface area contributed by atoms with Crippen molar-refractivity contribution in [3.63, 3.8) is 0 Å². The number of likely N-dealkylation sites (tertiary alicyclic amines) is 1. The summed E-state index contributed by atoms with van der Waals surface area (Å²) in [7, 11) is 0. The zero-order chi connectivity index (χ0) is 19.1. The molecule has 0 saturated carbocycles. The molecule has 2 heterocycles. The monoisotopic (exact) mass is 377 g/mol. The van der Waals surface area contributed by atoms with Gasteiger partial charge >= 0.3 is 0 Å². The summed E-state index contributed by atoms with van der Waals surface area (Å²) in [6, 6.07) is 6.22. The van der Waals surface area contributed by atoms with Crippen LogP contribution in [0.15, 0.2) is 24.3 Å². The lowest BCUT2D eigenvalue weighted by molar-refractivity contribution is -0.138. The molecule has 7 heteroatoms. The topological polar surface area (TPSA) is 61.9 Å². The third kappa shape index (κ3) is 6.01. The minimum atomic E-state index is -0.309. The van der Waals surface area contributed by atoms with E-state index in [1.807, 2.05) is 4.90 Å². The quantitative estimate of drug-likeness (QED) is 0.780. The first-order valence-corrected chi connectivity index (χ1v) is 9.72. The maximum atomic E-state index is 13.2. The molecule has 2 aliphatic rings. The van der Waals surface area contributed by atoms with Crippen molar-refractivity contribution in [1.82, 2.24) is 15.1 Å². The van der Waals surface area contributed by atoms with Crippen molar-refractivity contribution in [3.8, 4) is 0 Å². The van der Waals surface area contributed by atoms with Crippen LogP contribution in [0.1, 0.15) is 24.8 Å². The zero-order valence-electron chi connectivity index (χ0n) is 15.7. The molecular weight excluding hydrogens is 349 g/mol. The first-order valence-electron chi connectivity index (χ1n) is 9.72. The fourth-order valence-corrected chi connectivity index (χ4v) is 3.64. The fraction of sp³-hybridized carbons (Fsp3) is 0.600. The van der Waals surface area contributed by atoms with Crippen LogP contribution in [0.3, 0.4) is 0 Å². The van der Waals surface area contributed by atoms with Crippen molar-refractivity contribution in [2.45, 2.75) is 25.8 Å². The maximum absolute atomic E-state index is 13.2. The molecule has 1 aromatic carbocycles. The second-order valence-corrected chi connectivity index (χ2v) is 7.23. The number of carbonyl (C=O) groups excluding carboxylic acids is 2. The van der Waals surface area contributed by atoms with Gasteiger partial charge in [0.05, 0.1) is 19.1 Å². The van der Waals surface area contributed by atoms with Gasteiger partial charge in [-0.3, -0.25) is 14.5 Å². The van der Waals surface area contributed by atoms with E-state index in [0.29, 0.717) is 32.5 Å². The average Bonchev–Trinajstić information content (AvgIpc) is 2.68. The van der Waals surface area contributed by atoms with Gasteiger partial charge in [0.15, 0.2) is 0 Å². The summed E-state index contributed by atoms with van der Waals surface area (Å²) in [6.07, 6.45) is 1.90. The number of ether oxygens (including phenoxy) is 1. The molecule has 148 valence electrons. The lowest BCUT2D eigenvalue weighted by atomic mass is 9.96. The number of piperidine rings is 1. The minimum Gasteiger partial charge on any atom is -0.379 e. The second kappa shape index (κ2) is 9.80. The molecule has 0 bridgehead atoms. The number of amides is 2. The smallest absolute Gasteiger partial charge is 0.225 e. The van der Waals surface area contributed by atoms with Crippen molar-refractivity contribution in [2.24, 2.45) is 5.92 Å². The summed E-state index contributed by atoms with van der Waals surface area (Å²) in [5, 5.41) is 2.87. The maximum Gasteiger partial charge on any atom is 0.225 e. The second-order valence-electron chi connectivity index (χ2n) is 7.23. The van der Waals surface area contributed by atoms with Gasteiger partial charge in [-0.15, -0.1) is 0 Å². The molecule has 1 N–H and O–H groups in total. The number of morpholine rings is 1. The molecule has 2 aliphatic heterocycles. The van der Waals surface area contributed by atoms with Gasteiger partial charge in [0, 0.05) is 45.7 Å². The van der Waals surface area contributed by atoms with E-state index in [1.165, 1.54) is 12.1 Å². The highest BCUT2D eigenvalue weighted by molar-refractivity contribution is 5.83. The fourth-order valence-electron chi connectivity index (χ4n) is 3.64. The summed E-state index contributed by atoms with van der Waals surface area (Å²) in [5.41, 5.74) is 0.734. The summed E-state index contributed by atoms with van der Waals surface area (Å²) in [5.74, 6) is -0.438. The van der Waals surface area contributed by atoms with Crippen LogP contribution in [-0.4, -0.2) is 67.6 Å². The molecular formula is C20H28FN3O3. The van der Waals surface area contributed by atoms with Crippen LogP contribution in [-0.2, 0) is 20.9 Å². The minimum absolute atomic E-state index is 0.0649. The normalized spacial score (nSPS) is 21.3. The summed E-state index contributed by atoms with van der Waals surface area (Å²) < 4.78 is 18.6. The third-order valence-corrected chi connectivity index (χ3v) is 5.23. The molecule has 2 amide bonds. The van der Waals surface area contributed by atoms with E-state index in [2.05, 4.69) is 10.2 Å². The van der Waals surface area contributed by atoms with E-state index in [9.17, 15) is 14.0 Å². The predicted molar refractivity (Wildman–Crippen MR) is 99.4 cm³/mol. The van der Waals surface area contributed by atoms with Crippen LogP contribution in [0.4, 0.5) is 4.39 Å². The lowest BCUT2D eigenvalue weighted by Gasteiger charge is -2.33. The molecule has 0 aliphatic carbocycles. The number of nitrogens with one attached hydrogen (secondary N) is 1. The predicted octanol–water partition coefficient (Wildman–Crippen LogP) is 1.40. The van der Waals surface area contributed by atoms with Gasteiger partial charge in [-0.05, 0) is 30.5 Å². The number of nitrogens with zero attached hydrogens (tertiary/aromatic N) is 2. The Kier molecular flexibility index (Phi) is 7.18. The van der Waals surface area contributed by atoms with Gasteiger partial charge < -0.3 is 15.0 Å². The summed E-state index contributed by atoms with van der Waals surface area (Å²) in [6.45, 7) is 5.84. The first-order chi connectivity index (χ1) is 13.1. The van der Waals surface area contributed by atoms with Gasteiger partial charge in [0.1, 0.15) is 5.82 Å². The number of benzene rings is 1. The van der Waals surface area contributed by atoms with E-state index >= 15 is 0 Å². The standard InChI is InChI=1S/C20H28FN3O3/c21-18-4-1-3-16(13-18)14-22-20(26)17-5-6-19(25)24(15-17)8-2-7-23-9-11-27-12-10-23/h1,3-4,13,17H,2,5-12,14-15H2,(H,22,26)/t17-/m1/s1. The number of carbonyl (C=O) groups is 2. The van der Waals surface area contributed by atoms with E-state index in [0.717, 1.165) is 44.8 Å². The van der Waals surface area contributed by atoms with Crippen LogP contribution in [0.25, 0.3) is 0 Å². The SMILES string of the molecule is O=C(NCc1cccc(F)c1)[C@@H]1CCC(=O)N(CCCN2CCOCC2)C1. The molecule has 0 radical (unpaired) electrons. The first kappa shape index (κ1) is 19.8. The van der Waals surface area contributed by atoms with Crippen LogP contribution in [0.2, 0.25) is 0 Å². The molecule has 0 spiro atoms. The molecule has 27 heavy (non-hydrogen) atoms. The Labute approximate surface area is 159 Å². The summed E-state index contributed by atoms with van der Waals surface area (Å²) >= 11 is 0. The van der Waals surface area contributed by atoms with E-state index in [1.54, 1.807) is 12.1 Å². The Balaban J connectivity index is 1.42. The van der Waals surface area contributed by atoms with Gasteiger partial charge in [0.25, 0.3) is 0 Å². The number of halogens is 1.